The molecule has 0 radical (unpaired) electrons. The quantitative estimate of drug-likeness (QED) is 0.236. The maximum atomic E-state index is 12.9. The van der Waals surface area contributed by atoms with Crippen LogP contribution in [-0.4, -0.2) is 35.5 Å². The zero-order valence-corrected chi connectivity index (χ0v) is 19.6. The fourth-order valence-electron chi connectivity index (χ4n) is 7.42. The summed E-state index contributed by atoms with van der Waals surface area (Å²) in [6.45, 7) is 8.75. The van der Waals surface area contributed by atoms with Crippen LogP contribution in [0.3, 0.4) is 0 Å². The van der Waals surface area contributed by atoms with Crippen molar-refractivity contribution in [1.82, 2.24) is 0 Å². The second-order valence-corrected chi connectivity index (χ2v) is 10.8. The number of Topliss-reactive ketones (excluding diaryl/α,β-unsaturated/α-hetero) is 1. The van der Waals surface area contributed by atoms with Gasteiger partial charge in [-0.25, -0.2) is 0 Å². The van der Waals surface area contributed by atoms with Gasteiger partial charge >= 0.3 is 0 Å². The summed E-state index contributed by atoms with van der Waals surface area (Å²) in [6.07, 6.45) is 17.2. The highest BCUT2D eigenvalue weighted by Crippen LogP contribution is 2.55. The van der Waals surface area contributed by atoms with Crippen LogP contribution in [0.5, 0.6) is 0 Å². The Morgan fingerprint density at radius 3 is 2.65 bits per heavy atom. The van der Waals surface area contributed by atoms with Crippen LogP contribution < -0.4 is 5.84 Å². The summed E-state index contributed by atoms with van der Waals surface area (Å²) in [5.74, 6) is 8.18. The van der Waals surface area contributed by atoms with E-state index in [2.05, 4.69) is 29.7 Å². The average molecular weight is 430 g/mol. The van der Waals surface area contributed by atoms with Crippen LogP contribution in [0, 0.1) is 35.0 Å². The summed E-state index contributed by atoms with van der Waals surface area (Å²) in [5, 5.41) is 14.1. The Morgan fingerprint density at radius 2 is 1.97 bits per heavy atom. The van der Waals surface area contributed by atoms with Crippen molar-refractivity contribution in [3.05, 3.63) is 12.7 Å². The predicted octanol–water partition coefficient (Wildman–Crippen LogP) is 4.93. The van der Waals surface area contributed by atoms with E-state index in [1.54, 1.807) is 0 Å². The van der Waals surface area contributed by atoms with Crippen molar-refractivity contribution in [1.29, 1.82) is 0 Å². The minimum atomic E-state index is -0.564. The largest absolute Gasteiger partial charge is 0.390 e. The van der Waals surface area contributed by atoms with E-state index in [0.717, 1.165) is 44.4 Å². The van der Waals surface area contributed by atoms with Crippen LogP contribution in [0.4, 0.5) is 0 Å². The fourth-order valence-corrected chi connectivity index (χ4v) is 7.42. The lowest BCUT2D eigenvalue weighted by Gasteiger charge is -2.46. The first-order valence-electron chi connectivity index (χ1n) is 12.4. The number of hydrazone groups is 1. The Hall–Kier alpha value is -1.49. The van der Waals surface area contributed by atoms with Gasteiger partial charge in [0.15, 0.2) is 5.78 Å². The van der Waals surface area contributed by atoms with Crippen LogP contribution in [0.15, 0.2) is 22.7 Å². The van der Waals surface area contributed by atoms with Gasteiger partial charge < -0.3 is 10.9 Å². The van der Waals surface area contributed by atoms with Crippen molar-refractivity contribution >= 4 is 18.2 Å². The lowest BCUT2D eigenvalue weighted by Crippen LogP contribution is -2.40. The number of carbonyl (C=O) groups excluding carboxylic acids is 1. The summed E-state index contributed by atoms with van der Waals surface area (Å²) < 4.78 is 0. The molecule has 0 spiro atoms. The second-order valence-electron chi connectivity index (χ2n) is 10.8. The first kappa shape index (κ1) is 24.2. The first-order chi connectivity index (χ1) is 14.8. The minimum absolute atomic E-state index is 0.0695. The van der Waals surface area contributed by atoms with Gasteiger partial charge in [0.1, 0.15) is 0 Å². The van der Waals surface area contributed by atoms with Crippen LogP contribution >= 0.6 is 0 Å². The topological polar surface area (TPSA) is 88.0 Å². The number of hydrogen-bond acceptors (Lipinski definition) is 5. The van der Waals surface area contributed by atoms with Gasteiger partial charge in [0, 0.05) is 12.1 Å². The molecule has 0 aromatic heterocycles. The van der Waals surface area contributed by atoms with Gasteiger partial charge in [-0.15, -0.1) is 6.58 Å². The van der Waals surface area contributed by atoms with Crippen molar-refractivity contribution in [3.63, 3.8) is 0 Å². The molecule has 5 heteroatoms. The van der Waals surface area contributed by atoms with Gasteiger partial charge in [-0.3, -0.25) is 9.79 Å². The Kier molecular flexibility index (Phi) is 8.12. The summed E-state index contributed by atoms with van der Waals surface area (Å²) in [7, 11) is 0. The van der Waals surface area contributed by atoms with E-state index in [1.807, 2.05) is 6.92 Å². The van der Waals surface area contributed by atoms with E-state index in [4.69, 9.17) is 5.84 Å². The van der Waals surface area contributed by atoms with Crippen molar-refractivity contribution < 1.29 is 9.90 Å². The molecule has 0 aromatic rings. The summed E-state index contributed by atoms with van der Waals surface area (Å²) in [6, 6.07) is 0. The average Bonchev–Trinajstić information content (AvgIpc) is 3.18. The van der Waals surface area contributed by atoms with Crippen LogP contribution in [-0.2, 0) is 4.79 Å². The van der Waals surface area contributed by atoms with Crippen LogP contribution in [0.25, 0.3) is 0 Å². The molecule has 0 aliphatic heterocycles. The lowest BCUT2D eigenvalue weighted by molar-refractivity contribution is -0.123. The van der Waals surface area contributed by atoms with E-state index in [-0.39, 0.29) is 23.7 Å². The van der Waals surface area contributed by atoms with E-state index in [1.165, 1.54) is 44.5 Å². The van der Waals surface area contributed by atoms with Crippen molar-refractivity contribution in [2.45, 2.75) is 90.1 Å². The number of nitrogens with two attached hydrogens (primary N) is 1. The SMILES string of the molecule is C=C[C@]1(CC[C@@H]2C(CC)CC[C@@H]3C(C(=O)CN=C/C=N\N)CCC23)CCC[C@@](C)(O)C1. The monoisotopic (exact) mass is 429 g/mol. The van der Waals surface area contributed by atoms with Crippen molar-refractivity contribution in [2.75, 3.05) is 6.54 Å². The van der Waals surface area contributed by atoms with E-state index >= 15 is 0 Å². The van der Waals surface area contributed by atoms with Gasteiger partial charge in [-0.1, -0.05) is 19.4 Å². The number of carbonyl (C=O) groups is 1. The van der Waals surface area contributed by atoms with Gasteiger partial charge in [-0.05, 0) is 100 Å². The molecule has 0 aromatic carbocycles. The van der Waals surface area contributed by atoms with Gasteiger partial charge in [0.25, 0.3) is 0 Å². The highest BCUT2D eigenvalue weighted by molar-refractivity contribution is 6.16. The zero-order chi connectivity index (χ0) is 22.5. The molecule has 3 aliphatic rings. The first-order valence-corrected chi connectivity index (χ1v) is 12.4. The van der Waals surface area contributed by atoms with Gasteiger partial charge in [0.2, 0.25) is 0 Å². The van der Waals surface area contributed by atoms with Crippen LogP contribution in [0.2, 0.25) is 0 Å². The van der Waals surface area contributed by atoms with Gasteiger partial charge in [0.05, 0.1) is 18.4 Å². The number of ketones is 1. The molecule has 0 amide bonds. The normalized spacial score (nSPS) is 40.9. The molecule has 3 saturated carbocycles. The molecule has 3 fully saturated rings. The van der Waals surface area contributed by atoms with Crippen LogP contribution in [0.1, 0.15) is 84.5 Å². The molecule has 0 bridgehead atoms. The fraction of sp³-hybridized carbons (Fsp3) is 0.808. The summed E-state index contributed by atoms with van der Waals surface area (Å²) in [5.41, 5.74) is -0.494. The third-order valence-electron chi connectivity index (χ3n) is 8.88. The number of fused-ring (bicyclic) bond motifs is 1. The minimum Gasteiger partial charge on any atom is -0.390 e. The third-order valence-corrected chi connectivity index (χ3v) is 8.88. The number of rotatable bonds is 9. The van der Waals surface area contributed by atoms with Crippen molar-refractivity contribution in [2.24, 2.45) is 50.9 Å². The molecule has 0 heterocycles. The number of aliphatic imine (C=N–C) groups is 1. The number of aliphatic hydroxyl groups is 1. The lowest BCUT2D eigenvalue weighted by atomic mass is 9.60. The van der Waals surface area contributed by atoms with Gasteiger partial charge in [-0.2, -0.15) is 5.10 Å². The standard InChI is InChI=1S/C26H43N3O2/c1-4-19-7-8-22-21(9-10-23(22)24(30)17-28-15-16-29-27)20(19)11-14-26(5-2)13-6-12-25(3,31)18-26/h5,15-16,19-23,31H,2,4,6-14,17-18,27H2,1,3H3/b28-15?,29-16-/t19?,20-,21?,22+,23?,25-,26-/m1/s1. The highest BCUT2D eigenvalue weighted by Gasteiger charge is 2.48. The number of allylic oxidation sites excluding steroid dienone is 1. The molecule has 3 unspecified atom stereocenters. The van der Waals surface area contributed by atoms with Crippen molar-refractivity contribution in [3.8, 4) is 0 Å². The maximum absolute atomic E-state index is 12.9. The predicted molar refractivity (Wildman–Crippen MR) is 128 cm³/mol. The number of hydrogen-bond donors (Lipinski definition) is 2. The molecule has 3 N–H and O–H groups in total. The zero-order valence-electron chi connectivity index (χ0n) is 19.6. The Balaban J connectivity index is 1.67. The molecule has 174 valence electrons. The summed E-state index contributed by atoms with van der Waals surface area (Å²) in [4.78, 5) is 17.1. The molecule has 3 rings (SSSR count). The Labute approximate surface area is 188 Å². The van der Waals surface area contributed by atoms with E-state index < -0.39 is 5.60 Å². The van der Waals surface area contributed by atoms with E-state index in [0.29, 0.717) is 17.8 Å². The highest BCUT2D eigenvalue weighted by atomic mass is 16.3. The Bertz CT molecular complexity index is 686. The Morgan fingerprint density at radius 1 is 1.19 bits per heavy atom. The smallest absolute Gasteiger partial charge is 0.157 e. The second kappa shape index (κ2) is 10.4. The molecular weight excluding hydrogens is 386 g/mol. The maximum Gasteiger partial charge on any atom is 0.157 e. The molecule has 3 aliphatic carbocycles. The molecular formula is C26H43N3O2. The molecule has 0 saturated heterocycles. The van der Waals surface area contributed by atoms with E-state index in [9.17, 15) is 9.90 Å². The third kappa shape index (κ3) is 5.66. The summed E-state index contributed by atoms with van der Waals surface area (Å²) >= 11 is 0. The number of nitrogens with zero attached hydrogens (tertiary/aromatic N) is 2. The molecule has 5 nitrogen and oxygen atoms in total. The molecule has 31 heavy (non-hydrogen) atoms. The molecule has 7 atom stereocenters.